The quantitative estimate of drug-likeness (QED) is 0.561. The third-order valence-electron chi connectivity index (χ3n) is 4.25. The lowest BCUT2D eigenvalue weighted by Crippen LogP contribution is -2.44. The van der Waals surface area contributed by atoms with E-state index in [0.717, 1.165) is 0 Å². The van der Waals surface area contributed by atoms with Gasteiger partial charge in [0, 0.05) is 12.1 Å². The molecule has 2 aromatic rings. The molecule has 0 saturated heterocycles. The van der Waals surface area contributed by atoms with Crippen molar-refractivity contribution in [2.24, 2.45) is 5.10 Å². The SMILES string of the molecule is COc1cc(OC)c(/C=N\NC(=O)CN2C(=O)COc3ccccc32)c(OC)c1. The van der Waals surface area contributed by atoms with Gasteiger partial charge in [0.15, 0.2) is 6.61 Å². The van der Waals surface area contributed by atoms with Gasteiger partial charge in [0.2, 0.25) is 0 Å². The Bertz CT molecular complexity index is 919. The Morgan fingerprint density at radius 1 is 1.17 bits per heavy atom. The maximum atomic E-state index is 12.3. The van der Waals surface area contributed by atoms with Crippen LogP contribution in [-0.4, -0.2) is 52.5 Å². The van der Waals surface area contributed by atoms with E-state index in [1.165, 1.54) is 32.4 Å². The Labute approximate surface area is 167 Å². The molecule has 1 N–H and O–H groups in total. The minimum Gasteiger partial charge on any atom is -0.496 e. The van der Waals surface area contributed by atoms with Gasteiger partial charge < -0.3 is 18.9 Å². The first-order chi connectivity index (χ1) is 14.1. The molecule has 0 unspecified atom stereocenters. The highest BCUT2D eigenvalue weighted by Gasteiger charge is 2.26. The summed E-state index contributed by atoms with van der Waals surface area (Å²) in [6, 6.07) is 10.4. The van der Waals surface area contributed by atoms with E-state index in [4.69, 9.17) is 18.9 Å². The number of carbonyl (C=O) groups is 2. The van der Waals surface area contributed by atoms with Crippen LogP contribution in [0.3, 0.4) is 0 Å². The van der Waals surface area contributed by atoms with Gasteiger partial charge in [0.25, 0.3) is 11.8 Å². The Kier molecular flexibility index (Phi) is 6.18. The molecule has 152 valence electrons. The van der Waals surface area contributed by atoms with Gasteiger partial charge in [0.1, 0.15) is 29.5 Å². The number of hydrazone groups is 1. The molecule has 1 aliphatic rings. The summed E-state index contributed by atoms with van der Waals surface area (Å²) in [4.78, 5) is 25.8. The molecule has 3 rings (SSSR count). The molecule has 29 heavy (non-hydrogen) atoms. The van der Waals surface area contributed by atoms with Crippen LogP contribution in [0, 0.1) is 0 Å². The fourth-order valence-electron chi connectivity index (χ4n) is 2.83. The number of carbonyl (C=O) groups excluding carboxylic acids is 2. The van der Waals surface area contributed by atoms with Gasteiger partial charge in [-0.3, -0.25) is 14.5 Å². The zero-order chi connectivity index (χ0) is 20.8. The highest BCUT2D eigenvalue weighted by atomic mass is 16.5. The topological polar surface area (TPSA) is 98.7 Å². The number of amides is 2. The third-order valence-corrected chi connectivity index (χ3v) is 4.25. The van der Waals surface area contributed by atoms with Crippen molar-refractivity contribution in [3.63, 3.8) is 0 Å². The van der Waals surface area contributed by atoms with Crippen molar-refractivity contribution in [1.82, 2.24) is 5.43 Å². The van der Waals surface area contributed by atoms with Gasteiger partial charge in [0.05, 0.1) is 38.8 Å². The van der Waals surface area contributed by atoms with Crippen molar-refractivity contribution in [3.05, 3.63) is 42.0 Å². The lowest BCUT2D eigenvalue weighted by molar-refractivity contribution is -0.125. The van der Waals surface area contributed by atoms with E-state index in [0.29, 0.717) is 34.2 Å². The number of hydrogen-bond acceptors (Lipinski definition) is 7. The lowest BCUT2D eigenvalue weighted by atomic mass is 10.2. The molecule has 0 saturated carbocycles. The van der Waals surface area contributed by atoms with Crippen LogP contribution in [-0.2, 0) is 9.59 Å². The first-order valence-electron chi connectivity index (χ1n) is 8.71. The summed E-state index contributed by atoms with van der Waals surface area (Å²) in [7, 11) is 4.55. The molecule has 1 heterocycles. The number of methoxy groups -OCH3 is 3. The monoisotopic (exact) mass is 399 g/mol. The standard InChI is InChI=1S/C20H21N3O6/c1-26-13-8-17(27-2)14(18(9-13)28-3)10-21-22-19(24)11-23-15-6-4-5-7-16(15)29-12-20(23)25/h4-10H,11-12H2,1-3H3,(H,22,24)/b21-10-. The second-order valence-electron chi connectivity index (χ2n) is 5.98. The summed E-state index contributed by atoms with van der Waals surface area (Å²) in [6.45, 7) is -0.304. The molecular weight excluding hydrogens is 378 g/mol. The zero-order valence-corrected chi connectivity index (χ0v) is 16.3. The number of para-hydroxylation sites is 2. The smallest absolute Gasteiger partial charge is 0.265 e. The summed E-state index contributed by atoms with van der Waals surface area (Å²) in [5.74, 6) is 1.28. The van der Waals surface area contributed by atoms with Crippen LogP contribution in [0.1, 0.15) is 5.56 Å². The van der Waals surface area contributed by atoms with Crippen molar-refractivity contribution in [2.45, 2.75) is 0 Å². The summed E-state index contributed by atoms with van der Waals surface area (Å²) in [6.07, 6.45) is 1.41. The summed E-state index contributed by atoms with van der Waals surface area (Å²) in [5, 5.41) is 3.97. The minimum atomic E-state index is -0.460. The molecule has 0 aromatic heterocycles. The van der Waals surface area contributed by atoms with E-state index in [-0.39, 0.29) is 19.1 Å². The van der Waals surface area contributed by atoms with Crippen molar-refractivity contribution in [2.75, 3.05) is 39.4 Å². The van der Waals surface area contributed by atoms with Crippen LogP contribution in [0.25, 0.3) is 0 Å². The van der Waals surface area contributed by atoms with Crippen LogP contribution >= 0.6 is 0 Å². The zero-order valence-electron chi connectivity index (χ0n) is 16.3. The van der Waals surface area contributed by atoms with Crippen LogP contribution in [0.15, 0.2) is 41.5 Å². The van der Waals surface area contributed by atoms with E-state index in [2.05, 4.69) is 10.5 Å². The number of fused-ring (bicyclic) bond motifs is 1. The van der Waals surface area contributed by atoms with Crippen molar-refractivity contribution in [1.29, 1.82) is 0 Å². The average molecular weight is 399 g/mol. The van der Waals surface area contributed by atoms with E-state index < -0.39 is 5.91 Å². The predicted molar refractivity (Wildman–Crippen MR) is 106 cm³/mol. The number of rotatable bonds is 7. The second-order valence-corrected chi connectivity index (χ2v) is 5.98. The van der Waals surface area contributed by atoms with E-state index in [1.54, 1.807) is 36.4 Å². The number of hydrogen-bond donors (Lipinski definition) is 1. The summed E-state index contributed by atoms with van der Waals surface area (Å²) >= 11 is 0. The highest BCUT2D eigenvalue weighted by molar-refractivity contribution is 6.02. The molecule has 9 nitrogen and oxygen atoms in total. The highest BCUT2D eigenvalue weighted by Crippen LogP contribution is 2.33. The van der Waals surface area contributed by atoms with E-state index in [9.17, 15) is 9.59 Å². The molecule has 0 atom stereocenters. The fourth-order valence-corrected chi connectivity index (χ4v) is 2.83. The van der Waals surface area contributed by atoms with Gasteiger partial charge in [-0.15, -0.1) is 0 Å². The molecule has 0 bridgehead atoms. The van der Waals surface area contributed by atoms with Gasteiger partial charge >= 0.3 is 0 Å². The maximum absolute atomic E-state index is 12.3. The molecule has 9 heteroatoms. The lowest BCUT2D eigenvalue weighted by Gasteiger charge is -2.28. The normalized spacial score (nSPS) is 12.9. The Balaban J connectivity index is 1.72. The van der Waals surface area contributed by atoms with Gasteiger partial charge in [-0.1, -0.05) is 12.1 Å². The summed E-state index contributed by atoms with van der Waals surface area (Å²) in [5.41, 5.74) is 3.49. The summed E-state index contributed by atoms with van der Waals surface area (Å²) < 4.78 is 21.2. The number of benzene rings is 2. The van der Waals surface area contributed by atoms with Crippen molar-refractivity contribution in [3.8, 4) is 23.0 Å². The molecule has 0 aliphatic carbocycles. The first kappa shape index (κ1) is 20.0. The number of nitrogens with zero attached hydrogens (tertiary/aromatic N) is 2. The molecule has 0 radical (unpaired) electrons. The average Bonchev–Trinajstić information content (AvgIpc) is 2.75. The Morgan fingerprint density at radius 3 is 2.52 bits per heavy atom. The van der Waals surface area contributed by atoms with Crippen LogP contribution in [0.4, 0.5) is 5.69 Å². The van der Waals surface area contributed by atoms with Crippen molar-refractivity contribution >= 4 is 23.7 Å². The van der Waals surface area contributed by atoms with Crippen molar-refractivity contribution < 1.29 is 28.5 Å². The number of nitrogens with one attached hydrogen (secondary N) is 1. The molecular formula is C20H21N3O6. The van der Waals surface area contributed by atoms with Gasteiger partial charge in [-0.25, -0.2) is 5.43 Å². The Hall–Kier alpha value is -3.75. The number of ether oxygens (including phenoxy) is 4. The van der Waals surface area contributed by atoms with E-state index in [1.807, 2.05) is 0 Å². The molecule has 2 aromatic carbocycles. The van der Waals surface area contributed by atoms with Crippen LogP contribution < -0.4 is 29.3 Å². The number of anilines is 1. The minimum absolute atomic E-state index is 0.117. The molecule has 1 aliphatic heterocycles. The first-order valence-corrected chi connectivity index (χ1v) is 8.71. The van der Waals surface area contributed by atoms with Gasteiger partial charge in [-0.2, -0.15) is 5.10 Å². The Morgan fingerprint density at radius 2 is 1.86 bits per heavy atom. The maximum Gasteiger partial charge on any atom is 0.265 e. The fraction of sp³-hybridized carbons (Fsp3) is 0.250. The van der Waals surface area contributed by atoms with E-state index >= 15 is 0 Å². The van der Waals surface area contributed by atoms with Gasteiger partial charge in [-0.05, 0) is 12.1 Å². The largest absolute Gasteiger partial charge is 0.496 e. The third kappa shape index (κ3) is 4.40. The predicted octanol–water partition coefficient (Wildman–Crippen LogP) is 1.59. The second kappa shape index (κ2) is 8.96. The molecule has 2 amide bonds. The van der Waals surface area contributed by atoms with Crippen LogP contribution in [0.5, 0.6) is 23.0 Å². The molecule has 0 spiro atoms. The van der Waals surface area contributed by atoms with Crippen LogP contribution in [0.2, 0.25) is 0 Å². The molecule has 0 fully saturated rings.